The van der Waals surface area contributed by atoms with E-state index < -0.39 is 23.0 Å². The Balaban J connectivity index is 1.37. The third kappa shape index (κ3) is 5.52. The fourth-order valence-electron chi connectivity index (χ4n) is 6.05. The molecule has 4 aliphatic carbocycles. The first-order chi connectivity index (χ1) is 15.9. The van der Waals surface area contributed by atoms with Gasteiger partial charge in [-0.25, -0.2) is 9.59 Å². The van der Waals surface area contributed by atoms with Crippen molar-refractivity contribution in [1.29, 1.82) is 0 Å². The molecule has 4 bridgehead atoms. The van der Waals surface area contributed by atoms with Gasteiger partial charge in [0.25, 0.3) is 0 Å². The van der Waals surface area contributed by atoms with E-state index in [9.17, 15) is 14.4 Å². The molecular weight excluding hydrogens is 436 g/mol. The number of hydrogen-bond donors (Lipinski definition) is 0. The molecule has 0 saturated heterocycles. The Morgan fingerprint density at radius 2 is 1.59 bits per heavy atom. The molecule has 0 aliphatic heterocycles. The summed E-state index contributed by atoms with van der Waals surface area (Å²) in [5, 5.41) is 0. The van der Waals surface area contributed by atoms with Crippen LogP contribution in [0.25, 0.3) is 0 Å². The maximum atomic E-state index is 12.9. The molecule has 1 aromatic carbocycles. The Kier molecular flexibility index (Phi) is 6.36. The van der Waals surface area contributed by atoms with Crippen LogP contribution in [0.2, 0.25) is 0 Å². The highest BCUT2D eigenvalue weighted by atomic mass is 16.7. The Bertz CT molecular complexity index is 971. The van der Waals surface area contributed by atoms with E-state index in [1.807, 2.05) is 0 Å². The van der Waals surface area contributed by atoms with E-state index in [-0.39, 0.29) is 18.4 Å². The van der Waals surface area contributed by atoms with Gasteiger partial charge in [0.2, 0.25) is 0 Å². The van der Waals surface area contributed by atoms with Gasteiger partial charge in [-0.3, -0.25) is 4.79 Å². The fraction of sp³-hybridized carbons (Fsp3) is 0.593. The van der Waals surface area contributed by atoms with Crippen LogP contribution in [-0.4, -0.2) is 41.3 Å². The Morgan fingerprint density at radius 3 is 2.15 bits per heavy atom. The zero-order valence-electron chi connectivity index (χ0n) is 20.5. The molecule has 34 heavy (non-hydrogen) atoms. The van der Waals surface area contributed by atoms with Gasteiger partial charge in [-0.1, -0.05) is 6.58 Å². The van der Waals surface area contributed by atoms with E-state index in [1.165, 1.54) is 0 Å². The summed E-state index contributed by atoms with van der Waals surface area (Å²) in [7, 11) is 0. The molecule has 2 atom stereocenters. The van der Waals surface area contributed by atoms with Crippen LogP contribution in [0.1, 0.15) is 76.6 Å². The SMILES string of the molecule is C=C(C)C(=O)OC12CC3CC(CC(OCC(=O)c4ccc(OC(=O)OC(C)(C)C)cc4)(C3)C1)C2. The second kappa shape index (κ2) is 8.84. The molecule has 0 radical (unpaired) electrons. The van der Waals surface area contributed by atoms with Crippen molar-refractivity contribution in [1.82, 2.24) is 0 Å². The highest BCUT2D eigenvalue weighted by Crippen LogP contribution is 2.60. The number of carbonyl (C=O) groups excluding carboxylic acids is 3. The van der Waals surface area contributed by atoms with Crippen molar-refractivity contribution in [3.05, 3.63) is 42.0 Å². The average molecular weight is 471 g/mol. The lowest BCUT2D eigenvalue weighted by atomic mass is 9.52. The van der Waals surface area contributed by atoms with Crippen LogP contribution in [0.4, 0.5) is 4.79 Å². The molecule has 4 saturated carbocycles. The van der Waals surface area contributed by atoms with Crippen molar-refractivity contribution in [2.24, 2.45) is 11.8 Å². The predicted octanol–water partition coefficient (Wildman–Crippen LogP) is 5.41. The fourth-order valence-corrected chi connectivity index (χ4v) is 6.05. The Morgan fingerprint density at radius 1 is 1.00 bits per heavy atom. The standard InChI is InChI=1S/C27H34O7/c1-17(2)23(29)33-27-13-18-10-19(14-27)12-26(11-18,16-27)31-15-22(28)20-6-8-21(9-7-20)32-24(30)34-25(3,4)5/h6-9,18-19H,1,10-16H2,2-5H3. The van der Waals surface area contributed by atoms with Crippen LogP contribution in [0.15, 0.2) is 36.4 Å². The molecule has 4 fully saturated rings. The summed E-state index contributed by atoms with van der Waals surface area (Å²) in [4.78, 5) is 37.0. The zero-order valence-corrected chi connectivity index (χ0v) is 20.5. The number of ketones is 1. The van der Waals surface area contributed by atoms with Crippen molar-refractivity contribution in [3.8, 4) is 5.75 Å². The molecule has 0 aromatic heterocycles. The molecule has 0 heterocycles. The third-order valence-corrected chi connectivity index (χ3v) is 6.89. The number of esters is 1. The van der Waals surface area contributed by atoms with Crippen LogP contribution in [0, 0.1) is 11.8 Å². The minimum Gasteiger partial charge on any atom is -0.456 e. The number of benzene rings is 1. The van der Waals surface area contributed by atoms with Gasteiger partial charge in [-0.2, -0.15) is 0 Å². The molecule has 184 valence electrons. The van der Waals surface area contributed by atoms with Crippen LogP contribution in [0.5, 0.6) is 5.75 Å². The van der Waals surface area contributed by atoms with Gasteiger partial charge in [0.15, 0.2) is 5.78 Å². The molecule has 0 amide bonds. The summed E-state index contributed by atoms with van der Waals surface area (Å²) < 4.78 is 22.5. The van der Waals surface area contributed by atoms with Crippen LogP contribution in [0.3, 0.4) is 0 Å². The molecule has 0 N–H and O–H groups in total. The van der Waals surface area contributed by atoms with Crippen LogP contribution < -0.4 is 4.74 Å². The predicted molar refractivity (Wildman–Crippen MR) is 125 cm³/mol. The maximum Gasteiger partial charge on any atom is 0.514 e. The topological polar surface area (TPSA) is 88.1 Å². The molecule has 4 aliphatic rings. The molecule has 5 rings (SSSR count). The van der Waals surface area contributed by atoms with E-state index in [4.69, 9.17) is 18.9 Å². The highest BCUT2D eigenvalue weighted by molar-refractivity contribution is 5.97. The van der Waals surface area contributed by atoms with E-state index in [0.29, 0.717) is 35.1 Å². The van der Waals surface area contributed by atoms with Crippen molar-refractivity contribution >= 4 is 17.9 Å². The summed E-state index contributed by atoms with van der Waals surface area (Å²) in [5.41, 5.74) is -0.716. The summed E-state index contributed by atoms with van der Waals surface area (Å²) in [6.45, 7) is 10.6. The van der Waals surface area contributed by atoms with Gasteiger partial charge in [-0.05, 0) is 95.9 Å². The largest absolute Gasteiger partial charge is 0.514 e. The number of hydrogen-bond acceptors (Lipinski definition) is 7. The smallest absolute Gasteiger partial charge is 0.456 e. The van der Waals surface area contributed by atoms with Gasteiger partial charge in [0, 0.05) is 17.6 Å². The second-order valence-electron chi connectivity index (χ2n) is 11.3. The summed E-state index contributed by atoms with van der Waals surface area (Å²) >= 11 is 0. The number of rotatable bonds is 7. The quantitative estimate of drug-likeness (QED) is 0.228. The number of Topliss-reactive ketones (excluding diaryl/α,β-unsaturated/α-hetero) is 1. The van der Waals surface area contributed by atoms with E-state index in [0.717, 1.165) is 32.1 Å². The summed E-state index contributed by atoms with van der Waals surface area (Å²) in [5.74, 6) is 0.695. The van der Waals surface area contributed by atoms with Crippen molar-refractivity contribution in [2.75, 3.05) is 6.61 Å². The van der Waals surface area contributed by atoms with Gasteiger partial charge in [0.1, 0.15) is 23.6 Å². The Hall–Kier alpha value is -2.67. The first-order valence-electron chi connectivity index (χ1n) is 11.9. The molecule has 2 unspecified atom stereocenters. The zero-order chi connectivity index (χ0) is 24.7. The normalized spacial score (nSPS) is 29.4. The van der Waals surface area contributed by atoms with Crippen molar-refractivity contribution < 1.29 is 33.3 Å². The monoisotopic (exact) mass is 470 g/mol. The maximum absolute atomic E-state index is 12.9. The molecule has 0 spiro atoms. The van der Waals surface area contributed by atoms with Gasteiger partial charge in [0.05, 0.1) is 5.60 Å². The van der Waals surface area contributed by atoms with Gasteiger partial charge < -0.3 is 18.9 Å². The highest BCUT2D eigenvalue weighted by Gasteiger charge is 2.60. The molecular formula is C27H34O7. The number of ether oxygens (including phenoxy) is 4. The van der Waals surface area contributed by atoms with Crippen molar-refractivity contribution in [2.45, 2.75) is 83.0 Å². The number of carbonyl (C=O) groups is 3. The lowest BCUT2D eigenvalue weighted by Gasteiger charge is -2.60. The van der Waals surface area contributed by atoms with E-state index in [1.54, 1.807) is 52.0 Å². The third-order valence-electron chi connectivity index (χ3n) is 6.89. The van der Waals surface area contributed by atoms with Crippen LogP contribution >= 0.6 is 0 Å². The van der Waals surface area contributed by atoms with Crippen molar-refractivity contribution in [3.63, 3.8) is 0 Å². The molecule has 1 aromatic rings. The lowest BCUT2D eigenvalue weighted by molar-refractivity contribution is -0.228. The summed E-state index contributed by atoms with van der Waals surface area (Å²) in [6, 6.07) is 6.35. The first kappa shape index (κ1) is 24.5. The minimum absolute atomic E-state index is 0.0454. The molecule has 7 heteroatoms. The minimum atomic E-state index is -0.794. The van der Waals surface area contributed by atoms with E-state index in [2.05, 4.69) is 6.58 Å². The first-order valence-corrected chi connectivity index (χ1v) is 11.9. The van der Waals surface area contributed by atoms with Crippen LogP contribution in [-0.2, 0) is 19.0 Å². The van der Waals surface area contributed by atoms with Gasteiger partial charge in [-0.15, -0.1) is 0 Å². The average Bonchev–Trinajstić information content (AvgIpc) is 2.70. The lowest BCUT2D eigenvalue weighted by Crippen LogP contribution is -2.61. The van der Waals surface area contributed by atoms with Gasteiger partial charge >= 0.3 is 12.1 Å². The molecule has 7 nitrogen and oxygen atoms in total. The summed E-state index contributed by atoms with van der Waals surface area (Å²) in [6.07, 6.45) is 4.48. The Labute approximate surface area is 200 Å². The van der Waals surface area contributed by atoms with E-state index >= 15 is 0 Å². The second-order valence-corrected chi connectivity index (χ2v) is 11.3.